The molecule has 1 aromatic heterocycles. The summed E-state index contributed by atoms with van der Waals surface area (Å²) in [4.78, 5) is 16.0. The number of nitrogens with one attached hydrogen (secondary N) is 1. The molecule has 0 saturated heterocycles. The number of para-hydroxylation sites is 2. The van der Waals surface area contributed by atoms with Gasteiger partial charge in [0, 0.05) is 11.4 Å². The fourth-order valence-corrected chi connectivity index (χ4v) is 3.22. The van der Waals surface area contributed by atoms with E-state index in [1.807, 2.05) is 0 Å². The van der Waals surface area contributed by atoms with Crippen LogP contribution in [0.15, 0.2) is 66.7 Å². The van der Waals surface area contributed by atoms with Crippen LogP contribution in [0.4, 0.5) is 23.2 Å². The molecule has 0 aliphatic carbocycles. The van der Waals surface area contributed by atoms with Crippen LogP contribution in [0.1, 0.15) is 16.2 Å². The molecule has 1 N–H and O–H groups in total. The van der Waals surface area contributed by atoms with Gasteiger partial charge in [0.25, 0.3) is 5.91 Å². The maximum absolute atomic E-state index is 14.0. The standard InChI is InChI=1S/C21H12ClF4N3O/c22-15-5-3-4-14(18(15)23)19(30)27-12-8-10-13(11-9-12)29-17-7-2-1-6-16(17)28-20(29)21(24,25)26/h1-11H,(H,27,30). The first kappa shape index (κ1) is 19.9. The molecule has 3 aromatic carbocycles. The molecule has 0 unspecified atom stereocenters. The third-order valence-electron chi connectivity index (χ3n) is 4.39. The quantitative estimate of drug-likeness (QED) is 0.397. The van der Waals surface area contributed by atoms with Crippen molar-refractivity contribution in [2.75, 3.05) is 5.32 Å². The van der Waals surface area contributed by atoms with E-state index in [1.165, 1.54) is 54.6 Å². The second kappa shape index (κ2) is 7.46. The SMILES string of the molecule is O=C(Nc1ccc(-n2c(C(F)(F)F)nc3ccccc32)cc1)c1cccc(Cl)c1F. The van der Waals surface area contributed by atoms with Crippen LogP contribution in [-0.2, 0) is 6.18 Å². The number of benzene rings is 3. The molecule has 9 heteroatoms. The number of halogens is 5. The highest BCUT2D eigenvalue weighted by molar-refractivity contribution is 6.31. The Morgan fingerprint density at radius 2 is 1.67 bits per heavy atom. The van der Waals surface area contributed by atoms with Gasteiger partial charge in [-0.3, -0.25) is 9.36 Å². The third-order valence-corrected chi connectivity index (χ3v) is 4.69. The number of hydrogen-bond acceptors (Lipinski definition) is 2. The summed E-state index contributed by atoms with van der Waals surface area (Å²) in [5.74, 6) is -2.64. The lowest BCUT2D eigenvalue weighted by Gasteiger charge is -2.12. The van der Waals surface area contributed by atoms with Crippen molar-refractivity contribution in [1.29, 1.82) is 0 Å². The molecule has 0 radical (unpaired) electrons. The van der Waals surface area contributed by atoms with E-state index < -0.39 is 23.7 Å². The van der Waals surface area contributed by atoms with Crippen molar-refractivity contribution >= 4 is 34.2 Å². The Morgan fingerprint density at radius 3 is 2.37 bits per heavy atom. The third kappa shape index (κ3) is 3.61. The smallest absolute Gasteiger partial charge is 0.322 e. The molecule has 0 atom stereocenters. The second-order valence-electron chi connectivity index (χ2n) is 6.36. The summed E-state index contributed by atoms with van der Waals surface area (Å²) in [5.41, 5.74) is 0.747. The van der Waals surface area contributed by atoms with Gasteiger partial charge in [0.1, 0.15) is 0 Å². The monoisotopic (exact) mass is 433 g/mol. The fourth-order valence-electron chi connectivity index (χ4n) is 3.05. The van der Waals surface area contributed by atoms with Crippen molar-refractivity contribution in [2.45, 2.75) is 6.18 Å². The zero-order valence-electron chi connectivity index (χ0n) is 15.0. The number of anilines is 1. The lowest BCUT2D eigenvalue weighted by Crippen LogP contribution is -2.15. The molecule has 0 aliphatic heterocycles. The Kier molecular flexibility index (Phi) is 4.95. The molecule has 0 fully saturated rings. The highest BCUT2D eigenvalue weighted by Gasteiger charge is 2.38. The van der Waals surface area contributed by atoms with Crippen LogP contribution < -0.4 is 5.32 Å². The number of carbonyl (C=O) groups is 1. The number of nitrogens with zero attached hydrogens (tertiary/aromatic N) is 2. The fraction of sp³-hybridized carbons (Fsp3) is 0.0476. The average molecular weight is 434 g/mol. The largest absolute Gasteiger partial charge is 0.450 e. The Labute approximate surface area is 172 Å². The zero-order valence-corrected chi connectivity index (χ0v) is 15.8. The van der Waals surface area contributed by atoms with E-state index in [2.05, 4.69) is 10.3 Å². The number of fused-ring (bicyclic) bond motifs is 1. The van der Waals surface area contributed by atoms with E-state index >= 15 is 0 Å². The first-order chi connectivity index (χ1) is 14.3. The van der Waals surface area contributed by atoms with Gasteiger partial charge in [0.15, 0.2) is 5.82 Å². The van der Waals surface area contributed by atoms with Crippen molar-refractivity contribution in [3.05, 3.63) is 89.0 Å². The minimum absolute atomic E-state index is 0.190. The summed E-state index contributed by atoms with van der Waals surface area (Å²) in [7, 11) is 0. The molecule has 4 rings (SSSR count). The zero-order chi connectivity index (χ0) is 21.5. The van der Waals surface area contributed by atoms with Crippen LogP contribution in [0, 0.1) is 5.82 Å². The topological polar surface area (TPSA) is 46.9 Å². The molecule has 0 spiro atoms. The highest BCUT2D eigenvalue weighted by atomic mass is 35.5. The first-order valence-corrected chi connectivity index (χ1v) is 9.04. The molecule has 0 saturated carbocycles. The number of rotatable bonds is 3. The van der Waals surface area contributed by atoms with Crippen LogP contribution in [0.3, 0.4) is 0 Å². The summed E-state index contributed by atoms with van der Waals surface area (Å²) >= 11 is 5.68. The van der Waals surface area contributed by atoms with Crippen LogP contribution in [0.25, 0.3) is 16.7 Å². The predicted molar refractivity (Wildman–Crippen MR) is 105 cm³/mol. The Bertz CT molecular complexity index is 1250. The molecule has 1 amide bonds. The van der Waals surface area contributed by atoms with Gasteiger partial charge in [-0.25, -0.2) is 9.37 Å². The summed E-state index contributed by atoms with van der Waals surface area (Å²) < 4.78 is 55.5. The van der Waals surface area contributed by atoms with Gasteiger partial charge >= 0.3 is 6.18 Å². The molecular weight excluding hydrogens is 422 g/mol. The Balaban J connectivity index is 1.68. The lowest BCUT2D eigenvalue weighted by molar-refractivity contribution is -0.145. The minimum Gasteiger partial charge on any atom is -0.322 e. The minimum atomic E-state index is -4.66. The highest BCUT2D eigenvalue weighted by Crippen LogP contribution is 2.34. The number of imidazole rings is 1. The summed E-state index contributed by atoms with van der Waals surface area (Å²) in [6.45, 7) is 0. The summed E-state index contributed by atoms with van der Waals surface area (Å²) in [6.07, 6.45) is -4.66. The van der Waals surface area contributed by atoms with Crippen molar-refractivity contribution < 1.29 is 22.4 Å². The van der Waals surface area contributed by atoms with Crippen molar-refractivity contribution in [3.8, 4) is 5.69 Å². The normalized spacial score (nSPS) is 11.6. The van der Waals surface area contributed by atoms with Gasteiger partial charge in [-0.15, -0.1) is 0 Å². The van der Waals surface area contributed by atoms with E-state index in [0.29, 0.717) is 5.52 Å². The van der Waals surface area contributed by atoms with Gasteiger partial charge in [-0.2, -0.15) is 13.2 Å². The maximum Gasteiger partial charge on any atom is 0.450 e. The average Bonchev–Trinajstić information content (AvgIpc) is 3.11. The first-order valence-electron chi connectivity index (χ1n) is 8.66. The number of carbonyl (C=O) groups excluding carboxylic acids is 1. The van der Waals surface area contributed by atoms with Gasteiger partial charge in [0.05, 0.1) is 21.6 Å². The van der Waals surface area contributed by atoms with Crippen molar-refractivity contribution in [2.24, 2.45) is 0 Å². The van der Waals surface area contributed by atoms with Gasteiger partial charge < -0.3 is 5.32 Å². The Hall–Kier alpha value is -3.39. The summed E-state index contributed by atoms with van der Waals surface area (Å²) in [5, 5.41) is 2.31. The number of aromatic nitrogens is 2. The van der Waals surface area contributed by atoms with E-state index in [-0.39, 0.29) is 27.5 Å². The molecule has 0 aliphatic rings. The van der Waals surface area contributed by atoms with E-state index in [1.54, 1.807) is 12.1 Å². The number of amides is 1. The van der Waals surface area contributed by atoms with Crippen LogP contribution in [-0.4, -0.2) is 15.5 Å². The van der Waals surface area contributed by atoms with E-state index in [9.17, 15) is 22.4 Å². The van der Waals surface area contributed by atoms with E-state index in [4.69, 9.17) is 11.6 Å². The van der Waals surface area contributed by atoms with Gasteiger partial charge in [-0.1, -0.05) is 29.8 Å². The van der Waals surface area contributed by atoms with Crippen LogP contribution in [0.5, 0.6) is 0 Å². The maximum atomic E-state index is 14.0. The molecule has 30 heavy (non-hydrogen) atoms. The van der Waals surface area contributed by atoms with Crippen molar-refractivity contribution in [1.82, 2.24) is 9.55 Å². The molecule has 0 bridgehead atoms. The lowest BCUT2D eigenvalue weighted by atomic mass is 10.2. The molecule has 4 aromatic rings. The molecular formula is C21H12ClF4N3O. The number of hydrogen-bond donors (Lipinski definition) is 1. The van der Waals surface area contributed by atoms with Gasteiger partial charge in [-0.05, 0) is 48.5 Å². The van der Waals surface area contributed by atoms with Crippen molar-refractivity contribution in [3.63, 3.8) is 0 Å². The molecule has 1 heterocycles. The molecule has 152 valence electrons. The summed E-state index contributed by atoms with van der Waals surface area (Å²) in [6, 6.07) is 15.9. The predicted octanol–water partition coefficient (Wildman–Crippen LogP) is 6.09. The Morgan fingerprint density at radius 1 is 0.967 bits per heavy atom. The van der Waals surface area contributed by atoms with Gasteiger partial charge in [0.2, 0.25) is 5.82 Å². The van der Waals surface area contributed by atoms with Crippen LogP contribution in [0.2, 0.25) is 5.02 Å². The second-order valence-corrected chi connectivity index (χ2v) is 6.77. The number of alkyl halides is 3. The van der Waals surface area contributed by atoms with Crippen LogP contribution >= 0.6 is 11.6 Å². The molecule has 4 nitrogen and oxygen atoms in total. The van der Waals surface area contributed by atoms with E-state index in [0.717, 1.165) is 4.57 Å².